The Balaban J connectivity index is 2.12. The Kier molecular flexibility index (Phi) is 2.75. The molecule has 2 aromatic rings. The van der Waals surface area contributed by atoms with Gasteiger partial charge in [0, 0.05) is 18.6 Å². The van der Waals surface area contributed by atoms with E-state index in [1.807, 2.05) is 12.1 Å². The largest absolute Gasteiger partial charge is 0.511 e. The van der Waals surface area contributed by atoms with E-state index in [0.29, 0.717) is 6.54 Å². The second kappa shape index (κ2) is 4.20. The number of pyridine rings is 1. The first-order valence-corrected chi connectivity index (χ1v) is 4.41. The fourth-order valence-corrected chi connectivity index (χ4v) is 1.19. The smallest absolute Gasteiger partial charge is 0.422 e. The van der Waals surface area contributed by atoms with Gasteiger partial charge in [0.15, 0.2) is 0 Å². The first-order valence-electron chi connectivity index (χ1n) is 4.41. The Bertz CT molecular complexity index is 431. The van der Waals surface area contributed by atoms with Gasteiger partial charge in [0.25, 0.3) is 0 Å². The summed E-state index contributed by atoms with van der Waals surface area (Å²) in [4.78, 5) is 3.96. The van der Waals surface area contributed by atoms with Crippen LogP contribution in [0.4, 0.5) is 0 Å². The second-order valence-corrected chi connectivity index (χ2v) is 3.08. The average molecular weight is 204 g/mol. The summed E-state index contributed by atoms with van der Waals surface area (Å²) in [6.07, 6.45) is 4.89. The van der Waals surface area contributed by atoms with Crippen molar-refractivity contribution in [3.05, 3.63) is 36.3 Å². The van der Waals surface area contributed by atoms with Gasteiger partial charge < -0.3 is 10.0 Å². The molecule has 2 heterocycles. The molecular formula is C8H9BN4O2. The topological polar surface area (TPSA) is 84.1 Å². The van der Waals surface area contributed by atoms with Crippen LogP contribution in [0.1, 0.15) is 5.56 Å². The highest BCUT2D eigenvalue weighted by Gasteiger charge is 2.15. The van der Waals surface area contributed by atoms with Crippen LogP contribution in [0.15, 0.2) is 30.7 Å². The maximum absolute atomic E-state index is 8.83. The van der Waals surface area contributed by atoms with E-state index in [4.69, 9.17) is 10.0 Å². The van der Waals surface area contributed by atoms with Crippen molar-refractivity contribution in [2.45, 2.75) is 6.54 Å². The zero-order valence-corrected chi connectivity index (χ0v) is 7.85. The van der Waals surface area contributed by atoms with E-state index in [0.717, 1.165) is 5.56 Å². The normalized spacial score (nSPS) is 10.3. The first kappa shape index (κ1) is 9.82. The van der Waals surface area contributed by atoms with Crippen LogP contribution in [0.5, 0.6) is 0 Å². The Morgan fingerprint density at radius 3 is 2.87 bits per heavy atom. The molecule has 0 aliphatic carbocycles. The summed E-state index contributed by atoms with van der Waals surface area (Å²) in [5.41, 5.74) is 1.11. The quantitative estimate of drug-likeness (QED) is 0.588. The molecule has 7 heteroatoms. The molecule has 0 radical (unpaired) electrons. The molecule has 2 N–H and O–H groups in total. The summed E-state index contributed by atoms with van der Waals surface area (Å²) in [6.45, 7) is 0.507. The number of hydrogen-bond acceptors (Lipinski definition) is 5. The monoisotopic (exact) mass is 204 g/mol. The molecule has 6 nitrogen and oxygen atoms in total. The molecule has 0 fully saturated rings. The molecule has 0 aromatic carbocycles. The minimum Gasteiger partial charge on any atom is -0.422 e. The Morgan fingerprint density at radius 2 is 2.27 bits per heavy atom. The molecule has 0 spiro atoms. The molecule has 2 aromatic heterocycles. The van der Waals surface area contributed by atoms with Crippen molar-refractivity contribution in [1.82, 2.24) is 20.0 Å². The Labute approximate surface area is 86.3 Å². The summed E-state index contributed by atoms with van der Waals surface area (Å²) < 4.78 is 1.52. The van der Waals surface area contributed by atoms with E-state index in [-0.39, 0.29) is 5.59 Å². The van der Waals surface area contributed by atoms with Crippen molar-refractivity contribution < 1.29 is 10.0 Å². The number of rotatable bonds is 3. The van der Waals surface area contributed by atoms with Crippen LogP contribution in [0.3, 0.4) is 0 Å². The van der Waals surface area contributed by atoms with Gasteiger partial charge in [-0.05, 0) is 11.6 Å². The molecule has 0 saturated carbocycles. The second-order valence-electron chi connectivity index (χ2n) is 3.08. The van der Waals surface area contributed by atoms with E-state index in [1.54, 1.807) is 12.4 Å². The van der Waals surface area contributed by atoms with Crippen molar-refractivity contribution in [2.24, 2.45) is 0 Å². The molecule has 15 heavy (non-hydrogen) atoms. The molecule has 2 rings (SSSR count). The van der Waals surface area contributed by atoms with Gasteiger partial charge >= 0.3 is 7.12 Å². The van der Waals surface area contributed by atoms with Gasteiger partial charge in [-0.15, -0.1) is 5.10 Å². The molecule has 0 saturated heterocycles. The van der Waals surface area contributed by atoms with Gasteiger partial charge in [0.1, 0.15) is 5.59 Å². The highest BCUT2D eigenvalue weighted by Crippen LogP contribution is 1.97. The van der Waals surface area contributed by atoms with Gasteiger partial charge in [-0.2, -0.15) is 0 Å². The first-order chi connectivity index (χ1) is 7.25. The predicted molar refractivity (Wildman–Crippen MR) is 53.2 cm³/mol. The molecule has 0 bridgehead atoms. The van der Waals surface area contributed by atoms with Crippen molar-refractivity contribution in [1.29, 1.82) is 0 Å². The lowest BCUT2D eigenvalue weighted by Crippen LogP contribution is -2.30. The van der Waals surface area contributed by atoms with E-state index in [2.05, 4.69) is 15.3 Å². The highest BCUT2D eigenvalue weighted by molar-refractivity contribution is 6.57. The number of hydrogen-bond donors (Lipinski definition) is 2. The standard InChI is InChI=1S/C8H9BN4O2/c14-9(15)8-6-13(12-11-8)5-7-2-1-3-10-4-7/h1-4,6,14-15H,5H2. The fraction of sp³-hybridized carbons (Fsp3) is 0.125. The summed E-state index contributed by atoms with van der Waals surface area (Å²) in [5, 5.41) is 25.0. The van der Waals surface area contributed by atoms with Crippen LogP contribution < -0.4 is 5.59 Å². The summed E-state index contributed by atoms with van der Waals surface area (Å²) >= 11 is 0. The molecule has 0 atom stereocenters. The minimum atomic E-state index is -1.58. The van der Waals surface area contributed by atoms with Crippen LogP contribution in [0.25, 0.3) is 0 Å². The lowest BCUT2D eigenvalue weighted by atomic mass is 9.87. The third kappa shape index (κ3) is 2.39. The van der Waals surface area contributed by atoms with E-state index in [1.165, 1.54) is 10.9 Å². The third-order valence-corrected chi connectivity index (χ3v) is 1.89. The average Bonchev–Trinajstić information content (AvgIpc) is 2.68. The van der Waals surface area contributed by atoms with Gasteiger partial charge in [-0.25, -0.2) is 4.68 Å². The SMILES string of the molecule is OB(O)c1cn(Cc2cccnc2)nn1. The molecule has 0 unspecified atom stereocenters. The molecule has 0 aliphatic rings. The van der Waals surface area contributed by atoms with Gasteiger partial charge in [-0.3, -0.25) is 4.98 Å². The lowest BCUT2D eigenvalue weighted by Gasteiger charge is -1.98. The predicted octanol–water partition coefficient (Wildman–Crippen LogP) is -1.60. The van der Waals surface area contributed by atoms with Gasteiger partial charge in [0.05, 0.1) is 6.54 Å². The molecule has 76 valence electrons. The van der Waals surface area contributed by atoms with Crippen molar-refractivity contribution in [3.63, 3.8) is 0 Å². The maximum Gasteiger partial charge on any atom is 0.511 e. The van der Waals surface area contributed by atoms with Crippen LogP contribution in [0.2, 0.25) is 0 Å². The van der Waals surface area contributed by atoms with Gasteiger partial charge in [0.2, 0.25) is 0 Å². The lowest BCUT2D eigenvalue weighted by molar-refractivity contribution is 0.424. The minimum absolute atomic E-state index is 0.138. The summed E-state index contributed by atoms with van der Waals surface area (Å²) in [7, 11) is -1.58. The van der Waals surface area contributed by atoms with Crippen molar-refractivity contribution in [3.8, 4) is 0 Å². The zero-order chi connectivity index (χ0) is 10.7. The van der Waals surface area contributed by atoms with Crippen LogP contribution in [-0.2, 0) is 6.54 Å². The van der Waals surface area contributed by atoms with E-state index < -0.39 is 7.12 Å². The van der Waals surface area contributed by atoms with Crippen LogP contribution >= 0.6 is 0 Å². The van der Waals surface area contributed by atoms with Crippen molar-refractivity contribution in [2.75, 3.05) is 0 Å². The van der Waals surface area contributed by atoms with Crippen LogP contribution in [-0.4, -0.2) is 37.1 Å². The maximum atomic E-state index is 8.83. The molecule has 0 amide bonds. The van der Waals surface area contributed by atoms with E-state index in [9.17, 15) is 0 Å². The Morgan fingerprint density at radius 1 is 1.40 bits per heavy atom. The summed E-state index contributed by atoms with van der Waals surface area (Å²) in [6, 6.07) is 3.73. The fourth-order valence-electron chi connectivity index (χ4n) is 1.19. The summed E-state index contributed by atoms with van der Waals surface area (Å²) in [5.74, 6) is 0. The number of nitrogens with zero attached hydrogens (tertiary/aromatic N) is 4. The molecule has 0 aliphatic heterocycles. The zero-order valence-electron chi connectivity index (χ0n) is 7.85. The number of aromatic nitrogens is 4. The van der Waals surface area contributed by atoms with E-state index >= 15 is 0 Å². The highest BCUT2D eigenvalue weighted by atomic mass is 16.4. The van der Waals surface area contributed by atoms with Crippen LogP contribution in [0, 0.1) is 0 Å². The van der Waals surface area contributed by atoms with Crippen molar-refractivity contribution >= 4 is 12.7 Å². The molecular weight excluding hydrogens is 195 g/mol. The third-order valence-electron chi connectivity index (χ3n) is 1.89. The van der Waals surface area contributed by atoms with Gasteiger partial charge in [-0.1, -0.05) is 11.3 Å². The Hall–Kier alpha value is -1.73.